The Hall–Kier alpha value is -1.36. The van der Waals surface area contributed by atoms with E-state index in [1.165, 1.54) is 0 Å². The maximum Gasteiger partial charge on any atom is 0.134 e. The fourth-order valence-corrected chi connectivity index (χ4v) is 2.14. The van der Waals surface area contributed by atoms with Crippen molar-refractivity contribution >= 4 is 11.6 Å². The van der Waals surface area contributed by atoms with Gasteiger partial charge in [-0.05, 0) is 12.8 Å². The van der Waals surface area contributed by atoms with Gasteiger partial charge >= 0.3 is 0 Å². The molecule has 1 atom stereocenters. The molecule has 1 aliphatic heterocycles. The summed E-state index contributed by atoms with van der Waals surface area (Å²) in [5.74, 6) is 2.77. The fraction of sp³-hybridized carbons (Fsp3) is 0.692. The summed E-state index contributed by atoms with van der Waals surface area (Å²) in [5.41, 5.74) is 0. The first-order chi connectivity index (χ1) is 8.74. The van der Waals surface area contributed by atoms with Crippen molar-refractivity contribution in [1.29, 1.82) is 0 Å². The molecule has 1 fully saturated rings. The van der Waals surface area contributed by atoms with Gasteiger partial charge in [-0.2, -0.15) is 0 Å². The Morgan fingerprint density at radius 1 is 1.50 bits per heavy atom. The third-order valence-electron chi connectivity index (χ3n) is 3.30. The molecule has 100 valence electrons. The van der Waals surface area contributed by atoms with Crippen LogP contribution in [-0.2, 0) is 11.2 Å². The van der Waals surface area contributed by atoms with Crippen LogP contribution in [0.3, 0.4) is 0 Å². The summed E-state index contributed by atoms with van der Waals surface area (Å²) < 4.78 is 5.43. The number of hydrogen-bond acceptors (Lipinski definition) is 5. The predicted molar refractivity (Wildman–Crippen MR) is 73.2 cm³/mol. The van der Waals surface area contributed by atoms with Crippen molar-refractivity contribution in [2.75, 3.05) is 37.5 Å². The molecule has 2 rings (SSSR count). The molecular weight excluding hydrogens is 228 g/mol. The maximum absolute atomic E-state index is 5.43. The van der Waals surface area contributed by atoms with E-state index in [2.05, 4.69) is 34.2 Å². The number of ether oxygens (including phenoxy) is 1. The second-order valence-corrected chi connectivity index (χ2v) is 4.66. The molecule has 1 aromatic rings. The number of rotatable bonds is 5. The van der Waals surface area contributed by atoms with Crippen molar-refractivity contribution in [2.45, 2.75) is 32.2 Å². The standard InChI is InChI=1S/C13H22N4O/c1-4-5-11-15-12(14-2)8-13(16-11)17(3)10-6-7-18-9-10/h8,10H,4-7,9H2,1-3H3,(H,14,15,16). The van der Waals surface area contributed by atoms with E-state index in [9.17, 15) is 0 Å². The molecule has 5 nitrogen and oxygen atoms in total. The Morgan fingerprint density at radius 2 is 2.33 bits per heavy atom. The number of anilines is 2. The highest BCUT2D eigenvalue weighted by Crippen LogP contribution is 2.20. The average molecular weight is 250 g/mol. The van der Waals surface area contributed by atoms with E-state index in [1.54, 1.807) is 0 Å². The van der Waals surface area contributed by atoms with Gasteiger partial charge in [0.05, 0.1) is 12.6 Å². The summed E-state index contributed by atoms with van der Waals surface area (Å²) >= 11 is 0. The van der Waals surface area contributed by atoms with E-state index >= 15 is 0 Å². The molecule has 0 amide bonds. The number of aryl methyl sites for hydroxylation is 1. The maximum atomic E-state index is 5.43. The van der Waals surface area contributed by atoms with Crippen molar-refractivity contribution in [3.05, 3.63) is 11.9 Å². The van der Waals surface area contributed by atoms with E-state index in [0.29, 0.717) is 6.04 Å². The molecule has 1 N–H and O–H groups in total. The lowest BCUT2D eigenvalue weighted by atomic mass is 10.2. The molecule has 1 aliphatic rings. The topological polar surface area (TPSA) is 50.3 Å². The third-order valence-corrected chi connectivity index (χ3v) is 3.30. The van der Waals surface area contributed by atoms with E-state index in [-0.39, 0.29) is 0 Å². The highest BCUT2D eigenvalue weighted by Gasteiger charge is 2.22. The van der Waals surface area contributed by atoms with Crippen LogP contribution in [0.4, 0.5) is 11.6 Å². The lowest BCUT2D eigenvalue weighted by Crippen LogP contribution is -2.32. The number of likely N-dealkylation sites (N-methyl/N-ethyl adjacent to an activating group) is 1. The van der Waals surface area contributed by atoms with Gasteiger partial charge in [0, 0.05) is 33.2 Å². The number of hydrogen-bond donors (Lipinski definition) is 1. The fourth-order valence-electron chi connectivity index (χ4n) is 2.14. The zero-order valence-electron chi connectivity index (χ0n) is 11.4. The van der Waals surface area contributed by atoms with Crippen molar-refractivity contribution < 1.29 is 4.74 Å². The molecule has 2 heterocycles. The number of nitrogens with one attached hydrogen (secondary N) is 1. The molecule has 0 bridgehead atoms. The Balaban J connectivity index is 2.21. The molecule has 0 radical (unpaired) electrons. The molecule has 1 unspecified atom stereocenters. The first kappa shape index (κ1) is 13.1. The summed E-state index contributed by atoms with van der Waals surface area (Å²) in [6, 6.07) is 2.43. The monoisotopic (exact) mass is 250 g/mol. The van der Waals surface area contributed by atoms with Gasteiger partial charge in [0.1, 0.15) is 17.5 Å². The largest absolute Gasteiger partial charge is 0.379 e. The summed E-state index contributed by atoms with van der Waals surface area (Å²) in [7, 11) is 3.97. The average Bonchev–Trinajstić information content (AvgIpc) is 2.91. The van der Waals surface area contributed by atoms with Crippen molar-refractivity contribution in [3.63, 3.8) is 0 Å². The van der Waals surface area contributed by atoms with Crippen LogP contribution in [0.15, 0.2) is 6.07 Å². The van der Waals surface area contributed by atoms with Crippen molar-refractivity contribution in [1.82, 2.24) is 9.97 Å². The van der Waals surface area contributed by atoms with Crippen LogP contribution in [0.25, 0.3) is 0 Å². The van der Waals surface area contributed by atoms with Crippen LogP contribution >= 0.6 is 0 Å². The minimum atomic E-state index is 0.430. The van der Waals surface area contributed by atoms with Crippen molar-refractivity contribution in [3.8, 4) is 0 Å². The molecule has 0 spiro atoms. The number of nitrogens with zero attached hydrogens (tertiary/aromatic N) is 3. The highest BCUT2D eigenvalue weighted by atomic mass is 16.5. The smallest absolute Gasteiger partial charge is 0.134 e. The van der Waals surface area contributed by atoms with Gasteiger partial charge in [-0.3, -0.25) is 0 Å². The summed E-state index contributed by atoms with van der Waals surface area (Å²) in [6.45, 7) is 3.78. The first-order valence-electron chi connectivity index (χ1n) is 6.61. The summed E-state index contributed by atoms with van der Waals surface area (Å²) in [5, 5.41) is 3.10. The van der Waals surface area contributed by atoms with Crippen LogP contribution < -0.4 is 10.2 Å². The lowest BCUT2D eigenvalue weighted by Gasteiger charge is -2.25. The second kappa shape index (κ2) is 6.00. The minimum Gasteiger partial charge on any atom is -0.379 e. The highest BCUT2D eigenvalue weighted by molar-refractivity contribution is 5.49. The van der Waals surface area contributed by atoms with E-state index in [4.69, 9.17) is 4.74 Å². The first-order valence-corrected chi connectivity index (χ1v) is 6.61. The molecule has 5 heteroatoms. The van der Waals surface area contributed by atoms with Gasteiger partial charge < -0.3 is 15.0 Å². The van der Waals surface area contributed by atoms with Gasteiger partial charge in [0.15, 0.2) is 0 Å². The molecule has 0 saturated carbocycles. The Bertz CT molecular complexity index is 391. The Morgan fingerprint density at radius 3 is 2.94 bits per heavy atom. The van der Waals surface area contributed by atoms with Gasteiger partial charge in [-0.1, -0.05) is 6.92 Å². The Labute approximate surface area is 109 Å². The van der Waals surface area contributed by atoms with Crippen molar-refractivity contribution in [2.24, 2.45) is 0 Å². The van der Waals surface area contributed by atoms with E-state index < -0.39 is 0 Å². The van der Waals surface area contributed by atoms with Gasteiger partial charge in [0.25, 0.3) is 0 Å². The zero-order valence-corrected chi connectivity index (χ0v) is 11.4. The SMILES string of the molecule is CCCc1nc(NC)cc(N(C)C2CCOC2)n1. The van der Waals surface area contributed by atoms with Crippen LogP contribution in [0.2, 0.25) is 0 Å². The molecule has 0 aromatic carbocycles. The van der Waals surface area contributed by atoms with Crippen LogP contribution in [0.5, 0.6) is 0 Å². The zero-order chi connectivity index (χ0) is 13.0. The molecule has 1 saturated heterocycles. The van der Waals surface area contributed by atoms with E-state index in [1.807, 2.05) is 13.1 Å². The third kappa shape index (κ3) is 2.90. The molecular formula is C13H22N4O. The lowest BCUT2D eigenvalue weighted by molar-refractivity contribution is 0.193. The molecule has 0 aliphatic carbocycles. The number of aromatic nitrogens is 2. The van der Waals surface area contributed by atoms with Crippen LogP contribution in [0, 0.1) is 0 Å². The van der Waals surface area contributed by atoms with E-state index in [0.717, 1.165) is 49.9 Å². The normalized spacial score (nSPS) is 18.9. The minimum absolute atomic E-state index is 0.430. The van der Waals surface area contributed by atoms with Crippen LogP contribution in [-0.4, -0.2) is 43.3 Å². The summed E-state index contributed by atoms with van der Waals surface area (Å²) in [6.07, 6.45) is 3.04. The summed E-state index contributed by atoms with van der Waals surface area (Å²) in [4.78, 5) is 11.3. The predicted octanol–water partition coefficient (Wildman–Crippen LogP) is 1.70. The second-order valence-electron chi connectivity index (χ2n) is 4.66. The molecule has 18 heavy (non-hydrogen) atoms. The van der Waals surface area contributed by atoms with Gasteiger partial charge in [0.2, 0.25) is 0 Å². The van der Waals surface area contributed by atoms with Crippen LogP contribution in [0.1, 0.15) is 25.6 Å². The van der Waals surface area contributed by atoms with Gasteiger partial charge in [-0.25, -0.2) is 9.97 Å². The molecule has 1 aromatic heterocycles. The quantitative estimate of drug-likeness (QED) is 0.862. The van der Waals surface area contributed by atoms with Gasteiger partial charge in [-0.15, -0.1) is 0 Å². The Kier molecular flexibility index (Phi) is 4.36.